The topological polar surface area (TPSA) is 78.6 Å². The summed E-state index contributed by atoms with van der Waals surface area (Å²) in [5.74, 6) is 2.57. The molecule has 168 valence electrons. The number of halogens is 1. The molecule has 0 bridgehead atoms. The lowest BCUT2D eigenvalue weighted by molar-refractivity contribution is 0.219. The van der Waals surface area contributed by atoms with Crippen molar-refractivity contribution in [2.75, 3.05) is 33.2 Å². The number of hydrogen-bond donors (Lipinski definition) is 2. The number of hydrogen-bond acceptors (Lipinski definition) is 5. The van der Waals surface area contributed by atoms with E-state index < -0.39 is 0 Å². The molecule has 0 radical (unpaired) electrons. The van der Waals surface area contributed by atoms with Gasteiger partial charge in [0.1, 0.15) is 0 Å². The Bertz CT molecular complexity index is 730. The van der Waals surface area contributed by atoms with Gasteiger partial charge in [-0.05, 0) is 25.1 Å². The lowest BCUT2D eigenvalue weighted by Crippen LogP contribution is -2.43. The Balaban J connectivity index is 0.00000450. The van der Waals surface area contributed by atoms with Crippen LogP contribution in [-0.4, -0.2) is 54.2 Å². The third-order valence-corrected chi connectivity index (χ3v) is 4.98. The Kier molecular flexibility index (Phi) is 12.6. The molecule has 0 amide bonds. The molecule has 1 heterocycles. The molecule has 0 saturated carbocycles. The zero-order chi connectivity index (χ0) is 21.1. The maximum absolute atomic E-state index is 5.30. The zero-order valence-electron chi connectivity index (χ0n) is 18.9. The van der Waals surface area contributed by atoms with Crippen LogP contribution in [0.2, 0.25) is 0 Å². The van der Waals surface area contributed by atoms with Crippen LogP contribution >= 0.6 is 24.0 Å². The first-order valence-electron chi connectivity index (χ1n) is 10.6. The molecule has 1 aromatic heterocycles. The van der Waals surface area contributed by atoms with E-state index >= 15 is 0 Å². The second-order valence-corrected chi connectivity index (χ2v) is 7.33. The molecule has 1 aromatic carbocycles. The number of likely N-dealkylation sites (N-methyl/N-ethyl adjacent to an activating group) is 1. The van der Waals surface area contributed by atoms with Crippen LogP contribution in [-0.2, 0) is 6.42 Å². The van der Waals surface area contributed by atoms with E-state index in [1.165, 1.54) is 5.56 Å². The Hall–Kier alpha value is -1.68. The van der Waals surface area contributed by atoms with Gasteiger partial charge in [0.05, 0.1) is 6.04 Å². The molecule has 1 unspecified atom stereocenters. The van der Waals surface area contributed by atoms with Crippen LogP contribution in [0.5, 0.6) is 0 Å². The van der Waals surface area contributed by atoms with Crippen molar-refractivity contribution in [2.24, 2.45) is 4.99 Å². The van der Waals surface area contributed by atoms with Gasteiger partial charge in [0, 0.05) is 32.5 Å². The Morgan fingerprint density at radius 2 is 1.83 bits per heavy atom. The first kappa shape index (κ1) is 26.4. The van der Waals surface area contributed by atoms with Gasteiger partial charge in [-0.2, -0.15) is 4.98 Å². The number of nitrogens with one attached hydrogen (secondary N) is 2. The van der Waals surface area contributed by atoms with Crippen LogP contribution in [0.25, 0.3) is 0 Å². The van der Waals surface area contributed by atoms with Gasteiger partial charge in [-0.15, -0.1) is 24.0 Å². The second kappa shape index (κ2) is 14.3. The highest BCUT2D eigenvalue weighted by molar-refractivity contribution is 14.0. The SMILES string of the molecule is CCN(CC)C(CNC(=NC)NCCCc1nc(C(C)C)no1)c1ccccc1.I. The Morgan fingerprint density at radius 1 is 1.13 bits per heavy atom. The lowest BCUT2D eigenvalue weighted by Gasteiger charge is -2.30. The molecule has 2 rings (SSSR count). The number of rotatable bonds is 11. The van der Waals surface area contributed by atoms with E-state index in [0.717, 1.165) is 50.8 Å². The zero-order valence-corrected chi connectivity index (χ0v) is 21.2. The maximum atomic E-state index is 5.30. The monoisotopic (exact) mass is 528 g/mol. The molecule has 2 aromatic rings. The van der Waals surface area contributed by atoms with Crippen LogP contribution in [0.3, 0.4) is 0 Å². The first-order valence-corrected chi connectivity index (χ1v) is 10.6. The molecule has 7 nitrogen and oxygen atoms in total. The summed E-state index contributed by atoms with van der Waals surface area (Å²) in [6.07, 6.45) is 1.66. The normalized spacial score (nSPS) is 12.7. The minimum atomic E-state index is 0. The maximum Gasteiger partial charge on any atom is 0.226 e. The van der Waals surface area contributed by atoms with E-state index in [1.54, 1.807) is 7.05 Å². The highest BCUT2D eigenvalue weighted by Gasteiger charge is 2.18. The van der Waals surface area contributed by atoms with Crippen molar-refractivity contribution in [1.82, 2.24) is 25.7 Å². The molecule has 2 N–H and O–H groups in total. The summed E-state index contributed by atoms with van der Waals surface area (Å²) in [5, 5.41) is 10.9. The van der Waals surface area contributed by atoms with E-state index in [0.29, 0.717) is 11.9 Å². The van der Waals surface area contributed by atoms with E-state index in [2.05, 4.69) is 88.7 Å². The summed E-state index contributed by atoms with van der Waals surface area (Å²) >= 11 is 0. The van der Waals surface area contributed by atoms with Gasteiger partial charge in [0.25, 0.3) is 0 Å². The van der Waals surface area contributed by atoms with Crippen molar-refractivity contribution in [3.8, 4) is 0 Å². The van der Waals surface area contributed by atoms with Gasteiger partial charge in [-0.1, -0.05) is 63.2 Å². The van der Waals surface area contributed by atoms with Gasteiger partial charge >= 0.3 is 0 Å². The van der Waals surface area contributed by atoms with Crippen LogP contribution < -0.4 is 10.6 Å². The van der Waals surface area contributed by atoms with E-state index in [-0.39, 0.29) is 29.9 Å². The number of guanidine groups is 1. The van der Waals surface area contributed by atoms with Crippen molar-refractivity contribution in [1.29, 1.82) is 0 Å². The van der Waals surface area contributed by atoms with Gasteiger partial charge in [0.15, 0.2) is 11.8 Å². The number of benzene rings is 1. The van der Waals surface area contributed by atoms with Crippen LogP contribution in [0.15, 0.2) is 39.8 Å². The molecular formula is C22H37IN6O. The Morgan fingerprint density at radius 3 is 2.40 bits per heavy atom. The predicted octanol–water partition coefficient (Wildman–Crippen LogP) is 3.99. The van der Waals surface area contributed by atoms with Crippen molar-refractivity contribution in [3.63, 3.8) is 0 Å². The minimum absolute atomic E-state index is 0. The number of aromatic nitrogens is 2. The first-order chi connectivity index (χ1) is 14.1. The molecule has 0 fully saturated rings. The fourth-order valence-corrected chi connectivity index (χ4v) is 3.26. The molecular weight excluding hydrogens is 491 g/mol. The third kappa shape index (κ3) is 8.22. The van der Waals surface area contributed by atoms with Gasteiger partial charge in [0.2, 0.25) is 5.89 Å². The minimum Gasteiger partial charge on any atom is -0.356 e. The van der Waals surface area contributed by atoms with Crippen molar-refractivity contribution < 1.29 is 4.52 Å². The molecule has 8 heteroatoms. The summed E-state index contributed by atoms with van der Waals surface area (Å²) < 4.78 is 5.30. The average Bonchev–Trinajstić information content (AvgIpc) is 3.22. The van der Waals surface area contributed by atoms with E-state index in [1.807, 2.05) is 0 Å². The Labute approximate surface area is 198 Å². The van der Waals surface area contributed by atoms with E-state index in [9.17, 15) is 0 Å². The largest absolute Gasteiger partial charge is 0.356 e. The molecule has 0 aliphatic rings. The highest BCUT2D eigenvalue weighted by atomic mass is 127. The van der Waals surface area contributed by atoms with Crippen molar-refractivity contribution in [2.45, 2.75) is 52.5 Å². The van der Waals surface area contributed by atoms with Gasteiger partial charge in [-0.3, -0.25) is 9.89 Å². The quantitative estimate of drug-likeness (QED) is 0.199. The highest BCUT2D eigenvalue weighted by Crippen LogP contribution is 2.19. The standard InChI is InChI=1S/C22H36N6O.HI/c1-6-28(7-2)19(18-12-9-8-10-13-18)16-25-22(23-5)24-15-11-14-20-26-21(17(3)4)27-29-20;/h8-10,12-13,17,19H,6-7,11,14-16H2,1-5H3,(H2,23,24,25);1H. The fourth-order valence-electron chi connectivity index (χ4n) is 3.26. The van der Waals surface area contributed by atoms with Crippen LogP contribution in [0, 0.1) is 0 Å². The third-order valence-electron chi connectivity index (χ3n) is 4.98. The second-order valence-electron chi connectivity index (χ2n) is 7.33. The molecule has 0 aliphatic heterocycles. The number of aryl methyl sites for hydroxylation is 1. The van der Waals surface area contributed by atoms with Crippen molar-refractivity contribution >= 4 is 29.9 Å². The predicted molar refractivity (Wildman–Crippen MR) is 134 cm³/mol. The summed E-state index contributed by atoms with van der Waals surface area (Å²) in [7, 11) is 1.80. The fraction of sp³-hybridized carbons (Fsp3) is 0.591. The number of aliphatic imine (C=N–C) groups is 1. The van der Waals surface area contributed by atoms with Crippen LogP contribution in [0.1, 0.15) is 63.4 Å². The lowest BCUT2D eigenvalue weighted by atomic mass is 10.1. The van der Waals surface area contributed by atoms with Crippen LogP contribution in [0.4, 0.5) is 0 Å². The molecule has 30 heavy (non-hydrogen) atoms. The van der Waals surface area contributed by atoms with Gasteiger partial charge in [-0.25, -0.2) is 0 Å². The smallest absolute Gasteiger partial charge is 0.226 e. The summed E-state index contributed by atoms with van der Waals surface area (Å²) in [6.45, 7) is 12.1. The summed E-state index contributed by atoms with van der Waals surface area (Å²) in [6, 6.07) is 10.9. The molecule has 0 aliphatic carbocycles. The molecule has 0 saturated heterocycles. The molecule has 1 atom stereocenters. The molecule has 0 spiro atoms. The average molecular weight is 528 g/mol. The van der Waals surface area contributed by atoms with Gasteiger partial charge < -0.3 is 15.2 Å². The summed E-state index contributed by atoms with van der Waals surface area (Å²) in [4.78, 5) is 11.2. The summed E-state index contributed by atoms with van der Waals surface area (Å²) in [5.41, 5.74) is 1.32. The number of nitrogens with zero attached hydrogens (tertiary/aromatic N) is 4. The van der Waals surface area contributed by atoms with Crippen molar-refractivity contribution in [3.05, 3.63) is 47.6 Å². The van der Waals surface area contributed by atoms with E-state index in [4.69, 9.17) is 4.52 Å².